The fraction of sp³-hybridized carbons (Fsp3) is 0.263. The summed E-state index contributed by atoms with van der Waals surface area (Å²) in [7, 11) is -7.20. The molecule has 0 unspecified atom stereocenters. The summed E-state index contributed by atoms with van der Waals surface area (Å²) in [6, 6.07) is 11.9. The molecule has 0 radical (unpaired) electrons. The van der Waals surface area contributed by atoms with Gasteiger partial charge in [0.25, 0.3) is 5.91 Å². The highest BCUT2D eigenvalue weighted by Crippen LogP contribution is 2.26. The van der Waals surface area contributed by atoms with E-state index in [2.05, 4.69) is 5.32 Å². The standard InChI is InChI=1S/C19H19NO6S2/c1-13(21)14-5-7-16(8-6-14)20-19(22)15-3-2-4-17(11-15)28(25,26)18-9-10-27(23,24)12-18/h2-8,11,18H,9-10,12H2,1H3,(H,20,22)/t18-/m1/s1. The van der Waals surface area contributed by atoms with Gasteiger partial charge in [0.15, 0.2) is 25.5 Å². The first-order chi connectivity index (χ1) is 13.1. The number of carbonyl (C=O) groups is 2. The average molecular weight is 421 g/mol. The van der Waals surface area contributed by atoms with Gasteiger partial charge in [-0.25, -0.2) is 16.8 Å². The maximum absolute atomic E-state index is 12.7. The second-order valence-corrected chi connectivity index (χ2v) is 11.1. The normalized spacial score (nSPS) is 18.5. The first-order valence-electron chi connectivity index (χ1n) is 8.55. The van der Waals surface area contributed by atoms with E-state index in [0.717, 1.165) is 0 Å². The molecule has 9 heteroatoms. The highest BCUT2D eigenvalue weighted by atomic mass is 32.2. The lowest BCUT2D eigenvalue weighted by Gasteiger charge is -2.11. The highest BCUT2D eigenvalue weighted by molar-refractivity contribution is 7.96. The molecule has 0 spiro atoms. The number of nitrogens with one attached hydrogen (secondary N) is 1. The third kappa shape index (κ3) is 4.31. The summed E-state index contributed by atoms with van der Waals surface area (Å²) >= 11 is 0. The second kappa shape index (κ2) is 7.48. The van der Waals surface area contributed by atoms with E-state index in [4.69, 9.17) is 0 Å². The quantitative estimate of drug-likeness (QED) is 0.740. The smallest absolute Gasteiger partial charge is 0.255 e. The van der Waals surface area contributed by atoms with Gasteiger partial charge < -0.3 is 5.32 Å². The van der Waals surface area contributed by atoms with Crippen LogP contribution in [0.3, 0.4) is 0 Å². The molecule has 0 bridgehead atoms. The van der Waals surface area contributed by atoms with Gasteiger partial charge in [0.05, 0.1) is 21.7 Å². The highest BCUT2D eigenvalue weighted by Gasteiger charge is 2.38. The Bertz CT molecular complexity index is 1140. The van der Waals surface area contributed by atoms with Crippen molar-refractivity contribution < 1.29 is 26.4 Å². The zero-order valence-corrected chi connectivity index (χ0v) is 16.7. The van der Waals surface area contributed by atoms with Gasteiger partial charge in [-0.2, -0.15) is 0 Å². The Morgan fingerprint density at radius 2 is 1.71 bits per heavy atom. The molecule has 0 aliphatic carbocycles. The SMILES string of the molecule is CC(=O)c1ccc(NC(=O)c2cccc(S(=O)(=O)[C@@H]3CCS(=O)(=O)C3)c2)cc1. The van der Waals surface area contributed by atoms with Crippen molar-refractivity contribution in [2.75, 3.05) is 16.8 Å². The molecule has 1 N–H and O–H groups in total. The fourth-order valence-corrected chi connectivity index (χ4v) is 7.41. The number of sulfone groups is 2. The number of amides is 1. The number of hydrogen-bond donors (Lipinski definition) is 1. The van der Waals surface area contributed by atoms with Crippen molar-refractivity contribution in [1.82, 2.24) is 0 Å². The molecule has 1 saturated heterocycles. The zero-order chi connectivity index (χ0) is 20.5. The molecule has 1 atom stereocenters. The Hall–Kier alpha value is -2.52. The maximum Gasteiger partial charge on any atom is 0.255 e. The Morgan fingerprint density at radius 1 is 1.04 bits per heavy atom. The third-order valence-electron chi connectivity index (χ3n) is 4.60. The van der Waals surface area contributed by atoms with Crippen LogP contribution in [0.15, 0.2) is 53.4 Å². The van der Waals surface area contributed by atoms with Gasteiger partial charge >= 0.3 is 0 Å². The van der Waals surface area contributed by atoms with Crippen LogP contribution in [0.25, 0.3) is 0 Å². The van der Waals surface area contributed by atoms with Crippen LogP contribution in [0.2, 0.25) is 0 Å². The van der Waals surface area contributed by atoms with E-state index in [1.165, 1.54) is 31.2 Å². The van der Waals surface area contributed by atoms with Crippen molar-refractivity contribution in [3.63, 3.8) is 0 Å². The lowest BCUT2D eigenvalue weighted by atomic mass is 10.1. The molecule has 1 amide bonds. The van der Waals surface area contributed by atoms with Gasteiger partial charge in [0, 0.05) is 16.8 Å². The van der Waals surface area contributed by atoms with E-state index >= 15 is 0 Å². The van der Waals surface area contributed by atoms with Gasteiger partial charge in [-0.05, 0) is 55.8 Å². The van der Waals surface area contributed by atoms with Crippen molar-refractivity contribution in [2.45, 2.75) is 23.5 Å². The number of benzene rings is 2. The Labute approximate surface area is 163 Å². The van der Waals surface area contributed by atoms with Crippen molar-refractivity contribution in [3.05, 3.63) is 59.7 Å². The molecule has 0 aromatic heterocycles. The minimum atomic E-state index is -3.85. The van der Waals surface area contributed by atoms with Crippen LogP contribution in [0, 0.1) is 0 Å². The molecule has 0 saturated carbocycles. The Kier molecular flexibility index (Phi) is 5.40. The van der Waals surface area contributed by atoms with Crippen molar-refractivity contribution >= 4 is 37.1 Å². The molecule has 148 valence electrons. The molecule has 1 aliphatic heterocycles. The van der Waals surface area contributed by atoms with Crippen molar-refractivity contribution in [2.24, 2.45) is 0 Å². The van der Waals surface area contributed by atoms with Crippen LogP contribution in [-0.4, -0.2) is 45.3 Å². The molecule has 28 heavy (non-hydrogen) atoms. The predicted octanol–water partition coefficient (Wildman–Crippen LogP) is 2.10. The molecular formula is C19H19NO6S2. The molecule has 1 aliphatic rings. The van der Waals surface area contributed by atoms with Gasteiger partial charge in [-0.3, -0.25) is 9.59 Å². The molecule has 2 aromatic rings. The summed E-state index contributed by atoms with van der Waals surface area (Å²) in [6.07, 6.45) is 0.0591. The van der Waals surface area contributed by atoms with E-state index in [1.54, 1.807) is 24.3 Å². The van der Waals surface area contributed by atoms with Gasteiger partial charge in [0.2, 0.25) is 0 Å². The summed E-state index contributed by atoms with van der Waals surface area (Å²) in [5.74, 6) is -1.14. The number of hydrogen-bond acceptors (Lipinski definition) is 6. The topological polar surface area (TPSA) is 114 Å². The lowest BCUT2D eigenvalue weighted by molar-refractivity contribution is 0.101. The molecule has 2 aromatic carbocycles. The number of anilines is 1. The van der Waals surface area contributed by atoms with Gasteiger partial charge in [-0.1, -0.05) is 6.07 Å². The molecule has 3 rings (SSSR count). The lowest BCUT2D eigenvalue weighted by Crippen LogP contribution is -2.23. The zero-order valence-electron chi connectivity index (χ0n) is 15.1. The first kappa shape index (κ1) is 20.2. The Balaban J connectivity index is 1.80. The average Bonchev–Trinajstić information content (AvgIpc) is 3.03. The van der Waals surface area contributed by atoms with E-state index in [0.29, 0.717) is 11.3 Å². The van der Waals surface area contributed by atoms with Gasteiger partial charge in [0.1, 0.15) is 0 Å². The van der Waals surface area contributed by atoms with E-state index < -0.39 is 36.6 Å². The molecule has 7 nitrogen and oxygen atoms in total. The number of Topliss-reactive ketones (excluding diaryl/α,β-unsaturated/α-hetero) is 1. The summed E-state index contributed by atoms with van der Waals surface area (Å²) in [4.78, 5) is 23.7. The van der Waals surface area contributed by atoms with Crippen LogP contribution in [0.4, 0.5) is 5.69 Å². The second-order valence-electron chi connectivity index (χ2n) is 6.69. The van der Waals surface area contributed by atoms with Crippen LogP contribution in [-0.2, 0) is 19.7 Å². The number of ketones is 1. The molecular weight excluding hydrogens is 402 g/mol. The fourth-order valence-electron chi connectivity index (χ4n) is 3.00. The van der Waals surface area contributed by atoms with Crippen LogP contribution in [0.1, 0.15) is 34.1 Å². The minimum absolute atomic E-state index is 0.0591. The van der Waals surface area contributed by atoms with E-state index in [1.807, 2.05) is 0 Å². The van der Waals surface area contributed by atoms with Crippen LogP contribution < -0.4 is 5.32 Å². The maximum atomic E-state index is 12.7. The van der Waals surface area contributed by atoms with E-state index in [-0.39, 0.29) is 28.4 Å². The van der Waals surface area contributed by atoms with Crippen molar-refractivity contribution in [1.29, 1.82) is 0 Å². The number of carbonyl (C=O) groups excluding carboxylic acids is 2. The van der Waals surface area contributed by atoms with Crippen molar-refractivity contribution in [3.8, 4) is 0 Å². The summed E-state index contributed by atoms with van der Waals surface area (Å²) in [5, 5.41) is 1.65. The summed E-state index contributed by atoms with van der Waals surface area (Å²) in [6.45, 7) is 1.44. The van der Waals surface area contributed by atoms with Gasteiger partial charge in [-0.15, -0.1) is 0 Å². The summed E-state index contributed by atoms with van der Waals surface area (Å²) < 4.78 is 48.7. The minimum Gasteiger partial charge on any atom is -0.322 e. The van der Waals surface area contributed by atoms with E-state index in [9.17, 15) is 26.4 Å². The first-order valence-corrected chi connectivity index (χ1v) is 11.9. The van der Waals surface area contributed by atoms with Crippen LogP contribution in [0.5, 0.6) is 0 Å². The predicted molar refractivity (Wildman–Crippen MR) is 105 cm³/mol. The Morgan fingerprint density at radius 3 is 2.29 bits per heavy atom. The molecule has 1 heterocycles. The number of rotatable bonds is 5. The molecule has 1 fully saturated rings. The monoisotopic (exact) mass is 421 g/mol. The summed E-state index contributed by atoms with van der Waals surface area (Å²) in [5.41, 5.74) is 1.11. The van der Waals surface area contributed by atoms with Crippen LogP contribution >= 0.6 is 0 Å². The third-order valence-corrected chi connectivity index (χ3v) is 8.77. The largest absolute Gasteiger partial charge is 0.322 e.